The minimum Gasteiger partial charge on any atom is -0.388 e. The van der Waals surface area contributed by atoms with Crippen LogP contribution in [0.5, 0.6) is 0 Å². The molecule has 1 aromatic carbocycles. The molecular weight excluding hydrogens is 367 g/mol. The summed E-state index contributed by atoms with van der Waals surface area (Å²) in [5.41, 5.74) is 7.26. The molecule has 3 heterocycles. The van der Waals surface area contributed by atoms with Gasteiger partial charge in [0.15, 0.2) is 5.17 Å². The standard InChI is InChI=1S/C17H17FN4OS.C2H6O/c18-14-4-3-11(15-2-1-6-20-22-15)8-13(14)17-10-23-7-5-12(17)9-24-16(19)21-17;1-3-2/h1-4,6,8,12H,5,7,9-10H2,(H2,19,21);1-2H3/t12-,17-;/m0./s1. The van der Waals surface area contributed by atoms with Gasteiger partial charge in [0.25, 0.3) is 0 Å². The number of nitrogens with zero attached hydrogens (tertiary/aromatic N) is 3. The van der Waals surface area contributed by atoms with Gasteiger partial charge in [0.2, 0.25) is 0 Å². The number of fused-ring (bicyclic) bond motifs is 1. The number of hydrogen-bond donors (Lipinski definition) is 1. The normalized spacial score (nSPS) is 24.3. The Balaban J connectivity index is 0.000000659. The number of nitrogens with two attached hydrogens (primary N) is 1. The summed E-state index contributed by atoms with van der Waals surface area (Å²) in [6.07, 6.45) is 2.46. The van der Waals surface area contributed by atoms with E-state index >= 15 is 0 Å². The van der Waals surface area contributed by atoms with E-state index in [1.165, 1.54) is 17.8 Å². The van der Waals surface area contributed by atoms with Crippen molar-refractivity contribution in [1.29, 1.82) is 0 Å². The lowest BCUT2D eigenvalue weighted by molar-refractivity contribution is 0.00303. The minimum absolute atomic E-state index is 0.204. The Morgan fingerprint density at radius 1 is 1.33 bits per heavy atom. The van der Waals surface area contributed by atoms with E-state index in [0.29, 0.717) is 29.6 Å². The number of benzene rings is 1. The first-order valence-electron chi connectivity index (χ1n) is 8.65. The Morgan fingerprint density at radius 2 is 2.15 bits per heavy atom. The van der Waals surface area contributed by atoms with Gasteiger partial charge in [-0.25, -0.2) is 9.38 Å². The highest BCUT2D eigenvalue weighted by Gasteiger charge is 2.47. The Bertz CT molecular complexity index is 806. The molecule has 0 unspecified atom stereocenters. The highest BCUT2D eigenvalue weighted by atomic mass is 32.2. The maximum Gasteiger partial charge on any atom is 0.154 e. The molecule has 144 valence electrons. The van der Waals surface area contributed by atoms with Crippen LogP contribution in [0.1, 0.15) is 12.0 Å². The average molecular weight is 390 g/mol. The summed E-state index contributed by atoms with van der Waals surface area (Å²) in [7, 11) is 3.25. The second-order valence-corrected chi connectivity index (χ2v) is 7.48. The molecule has 2 aliphatic heterocycles. The fraction of sp³-hybridized carbons (Fsp3) is 0.421. The van der Waals surface area contributed by atoms with Gasteiger partial charge in [-0.3, -0.25) is 0 Å². The van der Waals surface area contributed by atoms with Gasteiger partial charge in [0.1, 0.15) is 11.4 Å². The van der Waals surface area contributed by atoms with Gasteiger partial charge in [0, 0.05) is 49.8 Å². The van der Waals surface area contributed by atoms with Gasteiger partial charge in [-0.2, -0.15) is 10.2 Å². The first-order chi connectivity index (χ1) is 13.1. The molecule has 0 amide bonds. The van der Waals surface area contributed by atoms with E-state index in [-0.39, 0.29) is 11.7 Å². The van der Waals surface area contributed by atoms with Crippen LogP contribution >= 0.6 is 11.8 Å². The van der Waals surface area contributed by atoms with Crippen molar-refractivity contribution >= 4 is 16.9 Å². The molecule has 1 saturated heterocycles. The molecule has 0 spiro atoms. The molecule has 0 bridgehead atoms. The van der Waals surface area contributed by atoms with Crippen LogP contribution in [0.3, 0.4) is 0 Å². The first kappa shape index (κ1) is 19.7. The van der Waals surface area contributed by atoms with Gasteiger partial charge < -0.3 is 15.2 Å². The lowest BCUT2D eigenvalue weighted by Crippen LogP contribution is -2.48. The molecule has 0 radical (unpaired) electrons. The zero-order valence-corrected chi connectivity index (χ0v) is 16.2. The number of methoxy groups -OCH3 is 1. The Labute approximate surface area is 162 Å². The van der Waals surface area contributed by atoms with Crippen molar-refractivity contribution in [2.45, 2.75) is 12.0 Å². The van der Waals surface area contributed by atoms with E-state index in [4.69, 9.17) is 10.5 Å². The molecule has 4 rings (SSSR count). The zero-order chi connectivity index (χ0) is 19.3. The molecular formula is C19H23FN4O2S. The number of rotatable bonds is 2. The second kappa shape index (κ2) is 8.77. The van der Waals surface area contributed by atoms with Crippen molar-refractivity contribution in [3.05, 3.63) is 47.9 Å². The third kappa shape index (κ3) is 4.12. The summed E-state index contributed by atoms with van der Waals surface area (Å²) in [6, 6.07) is 8.65. The van der Waals surface area contributed by atoms with E-state index in [0.717, 1.165) is 17.7 Å². The molecule has 0 aliphatic carbocycles. The largest absolute Gasteiger partial charge is 0.388 e. The van der Waals surface area contributed by atoms with Crippen LogP contribution in [0.15, 0.2) is 41.5 Å². The number of ether oxygens (including phenoxy) is 2. The Hall–Kier alpha value is -2.03. The van der Waals surface area contributed by atoms with Gasteiger partial charge >= 0.3 is 0 Å². The predicted molar refractivity (Wildman–Crippen MR) is 105 cm³/mol. The third-order valence-electron chi connectivity index (χ3n) is 4.65. The number of aromatic nitrogens is 2. The van der Waals surface area contributed by atoms with Crippen LogP contribution in [0.4, 0.5) is 4.39 Å². The minimum atomic E-state index is -0.754. The SMILES string of the molecule is COC.NC1=N[C@@]2(c3cc(-c4cccnn4)ccc3F)COCC[C@H]2CS1. The predicted octanol–water partition coefficient (Wildman–Crippen LogP) is 2.84. The number of thioether (sulfide) groups is 1. The van der Waals surface area contributed by atoms with E-state index in [1.54, 1.807) is 26.5 Å². The summed E-state index contributed by atoms with van der Waals surface area (Å²) in [5, 5.41) is 8.50. The maximum absolute atomic E-state index is 14.8. The number of aliphatic imine (C=N–C) groups is 1. The van der Waals surface area contributed by atoms with Crippen LogP contribution in [0, 0.1) is 11.7 Å². The van der Waals surface area contributed by atoms with Crippen molar-refractivity contribution in [3.8, 4) is 11.3 Å². The number of halogens is 1. The van der Waals surface area contributed by atoms with Crippen molar-refractivity contribution in [2.24, 2.45) is 16.6 Å². The molecule has 2 N–H and O–H groups in total. The quantitative estimate of drug-likeness (QED) is 0.849. The summed E-state index contributed by atoms with van der Waals surface area (Å²) < 4.78 is 24.7. The maximum atomic E-state index is 14.8. The van der Waals surface area contributed by atoms with Crippen LogP contribution < -0.4 is 5.73 Å². The molecule has 2 aromatic rings. The summed E-state index contributed by atoms with van der Waals surface area (Å²) in [4.78, 5) is 4.66. The fourth-order valence-electron chi connectivity index (χ4n) is 3.40. The topological polar surface area (TPSA) is 82.6 Å². The van der Waals surface area contributed by atoms with Crippen molar-refractivity contribution in [2.75, 3.05) is 33.2 Å². The molecule has 1 aromatic heterocycles. The molecule has 8 heteroatoms. The Morgan fingerprint density at radius 3 is 2.89 bits per heavy atom. The fourth-order valence-corrected chi connectivity index (χ4v) is 4.44. The van der Waals surface area contributed by atoms with Gasteiger partial charge in [0.05, 0.1) is 12.3 Å². The molecule has 1 fully saturated rings. The van der Waals surface area contributed by atoms with Crippen molar-refractivity contribution in [3.63, 3.8) is 0 Å². The van der Waals surface area contributed by atoms with Crippen molar-refractivity contribution in [1.82, 2.24) is 10.2 Å². The molecule has 2 atom stereocenters. The van der Waals surface area contributed by atoms with Crippen molar-refractivity contribution < 1.29 is 13.9 Å². The Kier molecular flexibility index (Phi) is 6.41. The third-order valence-corrected chi connectivity index (χ3v) is 5.61. The number of amidine groups is 1. The highest BCUT2D eigenvalue weighted by molar-refractivity contribution is 8.13. The second-order valence-electron chi connectivity index (χ2n) is 6.44. The average Bonchev–Trinajstić information content (AvgIpc) is 2.69. The lowest BCUT2D eigenvalue weighted by Gasteiger charge is -2.43. The van der Waals surface area contributed by atoms with Crippen LogP contribution in [0.2, 0.25) is 0 Å². The zero-order valence-electron chi connectivity index (χ0n) is 15.4. The van der Waals surface area contributed by atoms with E-state index in [9.17, 15) is 4.39 Å². The lowest BCUT2D eigenvalue weighted by atomic mass is 9.76. The van der Waals surface area contributed by atoms with E-state index in [1.807, 2.05) is 18.2 Å². The van der Waals surface area contributed by atoms with E-state index in [2.05, 4.69) is 19.9 Å². The van der Waals surface area contributed by atoms with Gasteiger partial charge in [-0.05, 0) is 36.8 Å². The molecule has 6 nitrogen and oxygen atoms in total. The van der Waals surface area contributed by atoms with Gasteiger partial charge in [-0.1, -0.05) is 11.8 Å². The smallest absolute Gasteiger partial charge is 0.154 e. The summed E-state index contributed by atoms with van der Waals surface area (Å²) in [6.45, 7) is 1.02. The van der Waals surface area contributed by atoms with Crippen LogP contribution in [-0.2, 0) is 15.0 Å². The molecule has 0 saturated carbocycles. The molecule has 27 heavy (non-hydrogen) atoms. The highest BCUT2D eigenvalue weighted by Crippen LogP contribution is 2.45. The van der Waals surface area contributed by atoms with Crippen LogP contribution in [0.25, 0.3) is 11.3 Å². The van der Waals surface area contributed by atoms with Gasteiger partial charge in [-0.15, -0.1) is 0 Å². The summed E-state index contributed by atoms with van der Waals surface area (Å²) in [5.74, 6) is 0.741. The first-order valence-corrected chi connectivity index (χ1v) is 9.63. The number of hydrogen-bond acceptors (Lipinski definition) is 7. The molecule has 2 aliphatic rings. The monoisotopic (exact) mass is 390 g/mol. The van der Waals surface area contributed by atoms with Crippen LogP contribution in [-0.4, -0.2) is 48.6 Å². The summed E-state index contributed by atoms with van der Waals surface area (Å²) >= 11 is 1.53. The van der Waals surface area contributed by atoms with E-state index < -0.39 is 5.54 Å².